The Morgan fingerprint density at radius 3 is 2.95 bits per heavy atom. The van der Waals surface area contributed by atoms with Crippen LogP contribution in [0.15, 0.2) is 11.6 Å². The number of amides is 2. The fourth-order valence-corrected chi connectivity index (χ4v) is 3.18. The second-order valence-corrected chi connectivity index (χ2v) is 6.14. The Kier molecular flexibility index (Phi) is 5.79. The van der Waals surface area contributed by atoms with Crippen molar-refractivity contribution in [3.63, 3.8) is 0 Å². The molecule has 0 bridgehead atoms. The summed E-state index contributed by atoms with van der Waals surface area (Å²) in [7, 11) is 1.86. The fraction of sp³-hybridized carbons (Fsp3) is 0.714. The molecule has 0 spiro atoms. The molecule has 1 aliphatic heterocycles. The predicted molar refractivity (Wildman–Crippen MR) is 79.9 cm³/mol. The van der Waals surface area contributed by atoms with Crippen LogP contribution in [0, 0.1) is 5.92 Å². The first-order chi connectivity index (χ1) is 9.70. The Hall–Kier alpha value is -1.14. The van der Waals surface area contributed by atoms with Crippen molar-refractivity contribution in [1.82, 2.24) is 15.2 Å². The summed E-state index contributed by atoms with van der Waals surface area (Å²) in [6, 6.07) is -0.00168. The summed E-state index contributed by atoms with van der Waals surface area (Å²) in [6.45, 7) is 4.49. The molecule has 6 heteroatoms. The number of ether oxygens (including phenoxy) is 1. The Balaban J connectivity index is 1.83. The number of thiazole rings is 1. The number of aromatic nitrogens is 1. The van der Waals surface area contributed by atoms with Crippen LogP contribution >= 0.6 is 11.3 Å². The van der Waals surface area contributed by atoms with Crippen molar-refractivity contribution in [2.45, 2.75) is 32.2 Å². The van der Waals surface area contributed by atoms with E-state index >= 15 is 0 Å². The lowest BCUT2D eigenvalue weighted by molar-refractivity contribution is 0.0585. The van der Waals surface area contributed by atoms with E-state index in [-0.39, 0.29) is 12.1 Å². The van der Waals surface area contributed by atoms with E-state index < -0.39 is 0 Å². The standard InChI is InChI=1S/C14H23N3O2S/c1-3-12(13-15-6-9-20-13)16-14(18)17(2)10-11-4-7-19-8-5-11/h6,9,11-12H,3-5,7-8,10H2,1-2H3,(H,16,18)/t12-/m0/s1. The van der Waals surface area contributed by atoms with E-state index in [1.807, 2.05) is 12.4 Å². The van der Waals surface area contributed by atoms with Gasteiger partial charge in [0, 0.05) is 38.4 Å². The molecule has 1 N–H and O–H groups in total. The molecule has 0 aliphatic carbocycles. The van der Waals surface area contributed by atoms with E-state index in [1.54, 1.807) is 22.4 Å². The van der Waals surface area contributed by atoms with Gasteiger partial charge in [0.1, 0.15) is 5.01 Å². The van der Waals surface area contributed by atoms with Gasteiger partial charge in [-0.2, -0.15) is 0 Å². The van der Waals surface area contributed by atoms with E-state index in [0.29, 0.717) is 5.92 Å². The van der Waals surface area contributed by atoms with Gasteiger partial charge in [0.25, 0.3) is 0 Å². The maximum Gasteiger partial charge on any atom is 0.317 e. The minimum Gasteiger partial charge on any atom is -0.381 e. The third-order valence-corrected chi connectivity index (χ3v) is 4.56. The molecule has 1 saturated heterocycles. The highest BCUT2D eigenvalue weighted by Gasteiger charge is 2.21. The van der Waals surface area contributed by atoms with Crippen molar-refractivity contribution in [3.8, 4) is 0 Å². The Labute approximate surface area is 124 Å². The third kappa shape index (κ3) is 4.18. The van der Waals surface area contributed by atoms with Crippen molar-refractivity contribution in [1.29, 1.82) is 0 Å². The number of rotatable bonds is 5. The molecule has 1 fully saturated rings. The molecule has 2 amide bonds. The molecule has 1 aromatic rings. The van der Waals surface area contributed by atoms with Crippen molar-refractivity contribution < 1.29 is 9.53 Å². The molecule has 112 valence electrons. The van der Waals surface area contributed by atoms with Crippen molar-refractivity contribution >= 4 is 17.4 Å². The van der Waals surface area contributed by atoms with Gasteiger partial charge in [-0.05, 0) is 25.2 Å². The predicted octanol–water partition coefficient (Wildman–Crippen LogP) is 2.66. The van der Waals surface area contributed by atoms with Crippen LogP contribution in [-0.4, -0.2) is 42.7 Å². The van der Waals surface area contributed by atoms with Gasteiger partial charge in [-0.3, -0.25) is 0 Å². The zero-order valence-electron chi connectivity index (χ0n) is 12.2. The van der Waals surface area contributed by atoms with E-state index in [2.05, 4.69) is 17.2 Å². The summed E-state index contributed by atoms with van der Waals surface area (Å²) in [6.07, 6.45) is 4.72. The van der Waals surface area contributed by atoms with Crippen LogP contribution in [0.4, 0.5) is 4.79 Å². The zero-order valence-corrected chi connectivity index (χ0v) is 13.0. The first-order valence-electron chi connectivity index (χ1n) is 7.19. The number of hydrogen-bond donors (Lipinski definition) is 1. The van der Waals surface area contributed by atoms with Gasteiger partial charge in [0.15, 0.2) is 0 Å². The second-order valence-electron chi connectivity index (χ2n) is 5.22. The molecule has 2 rings (SSSR count). The van der Waals surface area contributed by atoms with Crippen LogP contribution in [0.5, 0.6) is 0 Å². The lowest BCUT2D eigenvalue weighted by atomic mass is 10.00. The molecule has 20 heavy (non-hydrogen) atoms. The van der Waals surface area contributed by atoms with Gasteiger partial charge in [0.05, 0.1) is 6.04 Å². The minimum absolute atomic E-state index is 0.0136. The summed E-state index contributed by atoms with van der Waals surface area (Å²) < 4.78 is 5.35. The van der Waals surface area contributed by atoms with Gasteiger partial charge >= 0.3 is 6.03 Å². The van der Waals surface area contributed by atoms with Gasteiger partial charge < -0.3 is 15.0 Å². The average molecular weight is 297 g/mol. The average Bonchev–Trinajstić information content (AvgIpc) is 2.99. The number of carbonyl (C=O) groups excluding carboxylic acids is 1. The molecule has 1 aliphatic rings. The highest BCUT2D eigenvalue weighted by atomic mass is 32.1. The number of nitrogens with zero attached hydrogens (tertiary/aromatic N) is 2. The van der Waals surface area contributed by atoms with Gasteiger partial charge in [-0.1, -0.05) is 6.92 Å². The fourth-order valence-electron chi connectivity index (χ4n) is 2.40. The highest BCUT2D eigenvalue weighted by Crippen LogP contribution is 2.20. The largest absolute Gasteiger partial charge is 0.381 e. The normalized spacial score (nSPS) is 17.7. The van der Waals surface area contributed by atoms with Crippen LogP contribution in [0.2, 0.25) is 0 Å². The Morgan fingerprint density at radius 2 is 2.35 bits per heavy atom. The van der Waals surface area contributed by atoms with E-state index in [1.165, 1.54) is 0 Å². The van der Waals surface area contributed by atoms with Crippen LogP contribution in [-0.2, 0) is 4.74 Å². The van der Waals surface area contributed by atoms with E-state index in [9.17, 15) is 4.79 Å². The molecule has 0 saturated carbocycles. The van der Waals surface area contributed by atoms with Crippen molar-refractivity contribution in [2.24, 2.45) is 5.92 Å². The summed E-state index contributed by atoms with van der Waals surface area (Å²) in [4.78, 5) is 18.3. The zero-order chi connectivity index (χ0) is 14.4. The van der Waals surface area contributed by atoms with Gasteiger partial charge in [-0.25, -0.2) is 9.78 Å². The first kappa shape index (κ1) is 15.3. The molecule has 2 heterocycles. The van der Waals surface area contributed by atoms with Crippen LogP contribution in [0.3, 0.4) is 0 Å². The summed E-state index contributed by atoms with van der Waals surface area (Å²) in [5.41, 5.74) is 0. The van der Waals surface area contributed by atoms with Gasteiger partial charge in [0.2, 0.25) is 0 Å². The smallest absolute Gasteiger partial charge is 0.317 e. The quantitative estimate of drug-likeness (QED) is 0.909. The number of nitrogens with one attached hydrogen (secondary N) is 1. The number of hydrogen-bond acceptors (Lipinski definition) is 4. The van der Waals surface area contributed by atoms with E-state index in [0.717, 1.165) is 44.0 Å². The van der Waals surface area contributed by atoms with Crippen LogP contribution in [0.1, 0.15) is 37.2 Å². The monoisotopic (exact) mass is 297 g/mol. The molecular formula is C14H23N3O2S. The van der Waals surface area contributed by atoms with Crippen molar-refractivity contribution in [2.75, 3.05) is 26.8 Å². The minimum atomic E-state index is -0.0152. The topological polar surface area (TPSA) is 54.5 Å². The first-order valence-corrected chi connectivity index (χ1v) is 8.07. The molecule has 1 aromatic heterocycles. The molecule has 5 nitrogen and oxygen atoms in total. The summed E-state index contributed by atoms with van der Waals surface area (Å²) >= 11 is 1.58. The maximum absolute atomic E-state index is 12.2. The summed E-state index contributed by atoms with van der Waals surface area (Å²) in [5.74, 6) is 0.555. The molecule has 0 unspecified atom stereocenters. The number of urea groups is 1. The van der Waals surface area contributed by atoms with Gasteiger partial charge in [-0.15, -0.1) is 11.3 Å². The van der Waals surface area contributed by atoms with Crippen molar-refractivity contribution in [3.05, 3.63) is 16.6 Å². The van der Waals surface area contributed by atoms with Crippen LogP contribution < -0.4 is 5.32 Å². The third-order valence-electron chi connectivity index (χ3n) is 3.68. The Morgan fingerprint density at radius 1 is 1.60 bits per heavy atom. The SMILES string of the molecule is CC[C@H](NC(=O)N(C)CC1CCOCC1)c1nccs1. The number of carbonyl (C=O) groups is 1. The maximum atomic E-state index is 12.2. The Bertz CT molecular complexity index is 405. The molecule has 0 radical (unpaired) electrons. The molecule has 1 atom stereocenters. The van der Waals surface area contributed by atoms with E-state index in [4.69, 9.17) is 4.74 Å². The lowest BCUT2D eigenvalue weighted by Crippen LogP contribution is -2.42. The highest BCUT2D eigenvalue weighted by molar-refractivity contribution is 7.09. The summed E-state index contributed by atoms with van der Waals surface area (Å²) in [5, 5.41) is 5.97. The second kappa shape index (κ2) is 7.59. The van der Waals surface area contributed by atoms with Crippen LogP contribution in [0.25, 0.3) is 0 Å². The lowest BCUT2D eigenvalue weighted by Gasteiger charge is -2.28. The molecular weight excluding hydrogens is 274 g/mol. The molecule has 0 aromatic carbocycles.